The quantitative estimate of drug-likeness (QED) is 0.722. The number of nitrogens with zero attached hydrogens (tertiary/aromatic N) is 2. The van der Waals surface area contributed by atoms with Gasteiger partial charge in [-0.2, -0.15) is 0 Å². The number of nitrogens with one attached hydrogen (secondary N) is 1. The van der Waals surface area contributed by atoms with E-state index < -0.39 is 18.1 Å². The Balaban J connectivity index is 1.98. The number of hydrogen-bond donors (Lipinski definition) is 1. The topological polar surface area (TPSA) is 75.3 Å². The summed E-state index contributed by atoms with van der Waals surface area (Å²) in [6, 6.07) is 10.6. The zero-order valence-corrected chi connectivity index (χ0v) is 14.6. The van der Waals surface area contributed by atoms with Gasteiger partial charge in [-0.3, -0.25) is 9.78 Å². The number of esters is 1. The number of pyridine rings is 1. The van der Waals surface area contributed by atoms with Crippen molar-refractivity contribution in [3.8, 4) is 0 Å². The lowest BCUT2D eigenvalue weighted by atomic mass is 9.88. The Bertz CT molecular complexity index is 980. The lowest BCUT2D eigenvalue weighted by molar-refractivity contribution is -0.154. The van der Waals surface area contributed by atoms with Crippen LogP contribution in [-0.4, -0.2) is 39.9 Å². The SMILES string of the molecule is COC(=O)[C@H]1Cc2c([nH]c3ccccc23)[C@H](c2cccnc2)N1C(C)=O. The number of amides is 1. The Morgan fingerprint density at radius 1 is 1.23 bits per heavy atom. The zero-order chi connectivity index (χ0) is 18.3. The van der Waals surface area contributed by atoms with Gasteiger partial charge >= 0.3 is 5.97 Å². The Morgan fingerprint density at radius 2 is 2.04 bits per heavy atom. The molecule has 0 radical (unpaired) electrons. The molecule has 2 atom stereocenters. The van der Waals surface area contributed by atoms with Crippen LogP contribution in [0.4, 0.5) is 0 Å². The standard InChI is InChI=1S/C20H19N3O3/c1-12(24)23-17(20(25)26-2)10-15-14-7-3-4-8-16(14)22-18(15)19(23)13-6-5-9-21-11-13/h3-9,11,17,19,22H,10H2,1-2H3/t17-,19+/m1/s1. The van der Waals surface area contributed by atoms with Crippen LogP contribution in [0.15, 0.2) is 48.8 Å². The average Bonchev–Trinajstić information content (AvgIpc) is 3.04. The molecule has 1 N–H and O–H groups in total. The van der Waals surface area contributed by atoms with Gasteiger partial charge in [0, 0.05) is 42.3 Å². The molecule has 4 rings (SSSR count). The van der Waals surface area contributed by atoms with Gasteiger partial charge in [0.25, 0.3) is 0 Å². The van der Waals surface area contributed by atoms with Gasteiger partial charge in [0.15, 0.2) is 0 Å². The Morgan fingerprint density at radius 3 is 2.73 bits per heavy atom. The van der Waals surface area contributed by atoms with Crippen LogP contribution < -0.4 is 0 Å². The molecule has 3 aromatic rings. The molecule has 2 aromatic heterocycles. The maximum atomic E-state index is 12.5. The molecule has 0 bridgehead atoms. The summed E-state index contributed by atoms with van der Waals surface area (Å²) in [7, 11) is 1.35. The predicted octanol–water partition coefficient (Wildman–Crippen LogP) is 2.60. The van der Waals surface area contributed by atoms with Crippen molar-refractivity contribution in [3.63, 3.8) is 0 Å². The number of H-pyrrole nitrogens is 1. The van der Waals surface area contributed by atoms with E-state index in [1.165, 1.54) is 14.0 Å². The number of para-hydroxylation sites is 1. The van der Waals surface area contributed by atoms with Gasteiger partial charge in [0.1, 0.15) is 6.04 Å². The van der Waals surface area contributed by atoms with E-state index in [-0.39, 0.29) is 5.91 Å². The molecular formula is C20H19N3O3. The molecule has 1 aliphatic rings. The van der Waals surface area contributed by atoms with Gasteiger partial charge in [-0.05, 0) is 23.3 Å². The van der Waals surface area contributed by atoms with Crippen LogP contribution in [0, 0.1) is 0 Å². The van der Waals surface area contributed by atoms with Gasteiger partial charge in [0.05, 0.1) is 13.2 Å². The van der Waals surface area contributed by atoms with Crippen LogP contribution in [-0.2, 0) is 20.7 Å². The molecule has 26 heavy (non-hydrogen) atoms. The molecule has 0 saturated carbocycles. The minimum atomic E-state index is -0.672. The molecular weight excluding hydrogens is 330 g/mol. The van der Waals surface area contributed by atoms with E-state index in [1.807, 2.05) is 36.4 Å². The Kier molecular flexibility index (Phi) is 3.95. The van der Waals surface area contributed by atoms with Crippen molar-refractivity contribution in [1.29, 1.82) is 0 Å². The third-order valence-corrected chi connectivity index (χ3v) is 4.97. The monoisotopic (exact) mass is 349 g/mol. The van der Waals surface area contributed by atoms with Crippen LogP contribution in [0.1, 0.15) is 29.8 Å². The number of benzene rings is 1. The summed E-state index contributed by atoms with van der Waals surface area (Å²) in [4.78, 5) is 34.3. The first-order chi connectivity index (χ1) is 12.6. The van der Waals surface area contributed by atoms with Gasteiger partial charge in [-0.25, -0.2) is 4.79 Å². The zero-order valence-electron chi connectivity index (χ0n) is 14.6. The number of aromatic nitrogens is 2. The summed E-state index contributed by atoms with van der Waals surface area (Å²) in [5.41, 5.74) is 3.81. The number of carbonyl (C=O) groups is 2. The molecule has 6 heteroatoms. The molecule has 132 valence electrons. The molecule has 6 nitrogen and oxygen atoms in total. The summed E-state index contributed by atoms with van der Waals surface area (Å²) in [5, 5.41) is 1.06. The Labute approximate surface area is 150 Å². The highest BCUT2D eigenvalue weighted by Crippen LogP contribution is 2.40. The first kappa shape index (κ1) is 16.3. The smallest absolute Gasteiger partial charge is 0.328 e. The minimum Gasteiger partial charge on any atom is -0.467 e. The van der Waals surface area contributed by atoms with E-state index in [0.29, 0.717) is 6.42 Å². The fourth-order valence-electron chi connectivity index (χ4n) is 3.88. The first-order valence-corrected chi connectivity index (χ1v) is 8.48. The second kappa shape index (κ2) is 6.29. The number of methoxy groups -OCH3 is 1. The number of ether oxygens (including phenoxy) is 1. The van der Waals surface area contributed by atoms with Gasteiger partial charge in [0.2, 0.25) is 5.91 Å². The van der Waals surface area contributed by atoms with Gasteiger partial charge < -0.3 is 14.6 Å². The van der Waals surface area contributed by atoms with E-state index >= 15 is 0 Å². The molecule has 0 unspecified atom stereocenters. The van der Waals surface area contributed by atoms with E-state index in [1.54, 1.807) is 17.3 Å². The van der Waals surface area contributed by atoms with Gasteiger partial charge in [-0.15, -0.1) is 0 Å². The van der Waals surface area contributed by atoms with Crippen molar-refractivity contribution >= 4 is 22.8 Å². The lowest BCUT2D eigenvalue weighted by Crippen LogP contribution is -2.51. The minimum absolute atomic E-state index is 0.182. The average molecular weight is 349 g/mol. The molecule has 0 fully saturated rings. The predicted molar refractivity (Wildman–Crippen MR) is 96.4 cm³/mol. The second-order valence-electron chi connectivity index (χ2n) is 6.42. The van der Waals surface area contributed by atoms with E-state index in [2.05, 4.69) is 9.97 Å². The number of fused-ring (bicyclic) bond motifs is 3. The second-order valence-corrected chi connectivity index (χ2v) is 6.42. The van der Waals surface area contributed by atoms with Crippen molar-refractivity contribution in [1.82, 2.24) is 14.9 Å². The van der Waals surface area contributed by atoms with Crippen molar-refractivity contribution in [2.45, 2.75) is 25.4 Å². The van der Waals surface area contributed by atoms with E-state index in [0.717, 1.165) is 27.7 Å². The Hall–Kier alpha value is -3.15. The van der Waals surface area contributed by atoms with E-state index in [4.69, 9.17) is 4.74 Å². The van der Waals surface area contributed by atoms with Crippen molar-refractivity contribution in [3.05, 3.63) is 65.6 Å². The third kappa shape index (κ3) is 2.45. The number of hydrogen-bond acceptors (Lipinski definition) is 4. The highest BCUT2D eigenvalue weighted by molar-refractivity contribution is 5.90. The summed E-state index contributed by atoms with van der Waals surface area (Å²) in [6.07, 6.45) is 3.84. The van der Waals surface area contributed by atoms with Crippen LogP contribution in [0.5, 0.6) is 0 Å². The summed E-state index contributed by atoms with van der Waals surface area (Å²) < 4.78 is 5.00. The molecule has 3 heterocycles. The largest absolute Gasteiger partial charge is 0.467 e. The fraction of sp³-hybridized carbons (Fsp3) is 0.250. The lowest BCUT2D eigenvalue weighted by Gasteiger charge is -2.40. The van der Waals surface area contributed by atoms with Crippen molar-refractivity contribution in [2.75, 3.05) is 7.11 Å². The number of rotatable bonds is 2. The number of carbonyl (C=O) groups excluding carboxylic acids is 2. The normalized spacial score (nSPS) is 19.2. The summed E-state index contributed by atoms with van der Waals surface area (Å²) >= 11 is 0. The van der Waals surface area contributed by atoms with Crippen LogP contribution in [0.3, 0.4) is 0 Å². The molecule has 1 aliphatic heterocycles. The highest BCUT2D eigenvalue weighted by atomic mass is 16.5. The summed E-state index contributed by atoms with van der Waals surface area (Å²) in [6.45, 7) is 1.48. The first-order valence-electron chi connectivity index (χ1n) is 8.48. The van der Waals surface area contributed by atoms with Crippen molar-refractivity contribution < 1.29 is 14.3 Å². The maximum absolute atomic E-state index is 12.5. The van der Waals surface area contributed by atoms with Crippen LogP contribution in [0.2, 0.25) is 0 Å². The maximum Gasteiger partial charge on any atom is 0.328 e. The fourth-order valence-corrected chi connectivity index (χ4v) is 3.88. The van der Waals surface area contributed by atoms with E-state index in [9.17, 15) is 9.59 Å². The summed E-state index contributed by atoms with van der Waals surface area (Å²) in [5.74, 6) is -0.594. The third-order valence-electron chi connectivity index (χ3n) is 4.97. The molecule has 1 aromatic carbocycles. The van der Waals surface area contributed by atoms with Crippen LogP contribution in [0.25, 0.3) is 10.9 Å². The van der Waals surface area contributed by atoms with Crippen molar-refractivity contribution in [2.24, 2.45) is 0 Å². The molecule has 0 aliphatic carbocycles. The highest BCUT2D eigenvalue weighted by Gasteiger charge is 2.42. The van der Waals surface area contributed by atoms with Crippen LogP contribution >= 0.6 is 0 Å². The molecule has 1 amide bonds. The van der Waals surface area contributed by atoms with Gasteiger partial charge in [-0.1, -0.05) is 24.3 Å². The molecule has 0 saturated heterocycles. The number of aromatic amines is 1. The molecule has 0 spiro atoms.